The lowest BCUT2D eigenvalue weighted by Crippen LogP contribution is -2.14. The molecular weight excluding hydrogens is 379 g/mol. The maximum atomic E-state index is 13.8. The third-order valence-corrected chi connectivity index (χ3v) is 4.78. The summed E-state index contributed by atoms with van der Waals surface area (Å²) in [7, 11) is 0. The Hall–Kier alpha value is -3.91. The van der Waals surface area contributed by atoms with Crippen molar-refractivity contribution in [3.8, 4) is 11.8 Å². The Balaban J connectivity index is 1.82. The summed E-state index contributed by atoms with van der Waals surface area (Å²) in [5, 5.41) is 12.3. The van der Waals surface area contributed by atoms with Gasteiger partial charge in [0.25, 0.3) is 5.91 Å². The van der Waals surface area contributed by atoms with Crippen molar-refractivity contribution in [3.05, 3.63) is 100 Å². The normalized spacial score (nSPS) is 10.9. The summed E-state index contributed by atoms with van der Waals surface area (Å²) < 4.78 is 19.6. The van der Waals surface area contributed by atoms with Gasteiger partial charge in [0, 0.05) is 16.8 Å². The van der Waals surface area contributed by atoms with Crippen LogP contribution in [-0.4, -0.2) is 5.91 Å². The average molecular weight is 400 g/mol. The molecule has 150 valence electrons. The van der Waals surface area contributed by atoms with Crippen LogP contribution >= 0.6 is 0 Å². The Morgan fingerprint density at radius 2 is 1.80 bits per heavy atom. The van der Waals surface area contributed by atoms with Gasteiger partial charge in [-0.25, -0.2) is 4.39 Å². The van der Waals surface area contributed by atoms with Gasteiger partial charge in [-0.05, 0) is 49.2 Å². The van der Waals surface area contributed by atoms with Crippen LogP contribution in [0.25, 0.3) is 6.08 Å². The maximum absolute atomic E-state index is 13.8. The van der Waals surface area contributed by atoms with Crippen molar-refractivity contribution in [3.63, 3.8) is 0 Å². The Bertz CT molecular complexity index is 1150. The summed E-state index contributed by atoms with van der Waals surface area (Å²) in [6.07, 6.45) is 1.47. The van der Waals surface area contributed by atoms with Gasteiger partial charge in [-0.2, -0.15) is 5.26 Å². The molecule has 4 nitrogen and oxygen atoms in total. The highest BCUT2D eigenvalue weighted by atomic mass is 19.1. The SMILES string of the molecule is Cc1cccc(NC(=O)/C(C#N)=C/c2ccccc2OCc2ccccc2F)c1C. The highest BCUT2D eigenvalue weighted by Gasteiger charge is 2.13. The quantitative estimate of drug-likeness (QED) is 0.435. The number of rotatable bonds is 6. The molecule has 0 atom stereocenters. The molecule has 0 fully saturated rings. The van der Waals surface area contributed by atoms with E-state index in [1.165, 1.54) is 12.1 Å². The first-order valence-corrected chi connectivity index (χ1v) is 9.44. The van der Waals surface area contributed by atoms with Crippen LogP contribution in [0.5, 0.6) is 5.75 Å². The molecule has 5 heteroatoms. The van der Waals surface area contributed by atoms with E-state index in [9.17, 15) is 14.4 Å². The Kier molecular flexibility index (Phi) is 6.61. The van der Waals surface area contributed by atoms with Gasteiger partial charge in [-0.15, -0.1) is 0 Å². The van der Waals surface area contributed by atoms with E-state index in [0.717, 1.165) is 11.1 Å². The van der Waals surface area contributed by atoms with Gasteiger partial charge in [-0.3, -0.25) is 4.79 Å². The molecule has 3 aromatic rings. The summed E-state index contributed by atoms with van der Waals surface area (Å²) >= 11 is 0. The van der Waals surface area contributed by atoms with Crippen molar-refractivity contribution in [1.29, 1.82) is 5.26 Å². The molecule has 0 saturated heterocycles. The minimum Gasteiger partial charge on any atom is -0.488 e. The van der Waals surface area contributed by atoms with Crippen molar-refractivity contribution in [1.82, 2.24) is 0 Å². The van der Waals surface area contributed by atoms with Crippen LogP contribution in [0, 0.1) is 31.0 Å². The molecule has 0 saturated carbocycles. The molecule has 0 aliphatic rings. The van der Waals surface area contributed by atoms with Gasteiger partial charge in [0.05, 0.1) is 0 Å². The van der Waals surface area contributed by atoms with Crippen molar-refractivity contribution < 1.29 is 13.9 Å². The molecule has 0 radical (unpaired) electrons. The summed E-state index contributed by atoms with van der Waals surface area (Å²) in [6.45, 7) is 3.90. The van der Waals surface area contributed by atoms with Crippen molar-refractivity contribution in [2.75, 3.05) is 5.32 Å². The van der Waals surface area contributed by atoms with Gasteiger partial charge in [-0.1, -0.05) is 48.5 Å². The number of nitriles is 1. The zero-order valence-electron chi connectivity index (χ0n) is 16.8. The molecule has 0 bridgehead atoms. The van der Waals surface area contributed by atoms with Crippen molar-refractivity contribution >= 4 is 17.7 Å². The lowest BCUT2D eigenvalue weighted by Gasteiger charge is -2.11. The smallest absolute Gasteiger partial charge is 0.266 e. The lowest BCUT2D eigenvalue weighted by molar-refractivity contribution is -0.112. The van der Waals surface area contributed by atoms with E-state index in [4.69, 9.17) is 4.74 Å². The summed E-state index contributed by atoms with van der Waals surface area (Å²) in [5.74, 6) is -0.403. The number of hydrogen-bond acceptors (Lipinski definition) is 3. The number of aryl methyl sites for hydroxylation is 1. The molecule has 0 aliphatic carbocycles. The second-order valence-electron chi connectivity index (χ2n) is 6.79. The fraction of sp³-hybridized carbons (Fsp3) is 0.120. The number of nitrogens with zero attached hydrogens (tertiary/aromatic N) is 1. The van der Waals surface area contributed by atoms with Crippen LogP contribution in [0.2, 0.25) is 0 Å². The summed E-state index contributed by atoms with van der Waals surface area (Å²) in [4.78, 5) is 12.7. The van der Waals surface area contributed by atoms with E-state index in [0.29, 0.717) is 22.6 Å². The van der Waals surface area contributed by atoms with Crippen LogP contribution in [0.15, 0.2) is 72.3 Å². The van der Waals surface area contributed by atoms with Gasteiger partial charge >= 0.3 is 0 Å². The minimum absolute atomic E-state index is 0.0358. The zero-order valence-corrected chi connectivity index (χ0v) is 16.8. The Labute approximate surface area is 175 Å². The number of anilines is 1. The largest absolute Gasteiger partial charge is 0.488 e. The first-order chi connectivity index (χ1) is 14.5. The Morgan fingerprint density at radius 1 is 1.07 bits per heavy atom. The van der Waals surface area contributed by atoms with E-state index in [2.05, 4.69) is 5.32 Å². The van der Waals surface area contributed by atoms with Crippen LogP contribution in [-0.2, 0) is 11.4 Å². The minimum atomic E-state index is -0.505. The van der Waals surface area contributed by atoms with Gasteiger partial charge in [0.15, 0.2) is 0 Å². The molecule has 3 aromatic carbocycles. The highest BCUT2D eigenvalue weighted by Crippen LogP contribution is 2.24. The molecular formula is C25H21FN2O2. The monoisotopic (exact) mass is 400 g/mol. The molecule has 0 unspecified atom stereocenters. The number of benzene rings is 3. The molecule has 0 spiro atoms. The molecule has 0 heterocycles. The summed E-state index contributed by atoms with van der Waals surface area (Å²) in [6, 6.07) is 20.9. The van der Waals surface area contributed by atoms with Gasteiger partial charge in [0.2, 0.25) is 0 Å². The molecule has 0 aromatic heterocycles. The lowest BCUT2D eigenvalue weighted by atomic mass is 10.1. The number of para-hydroxylation sites is 1. The predicted octanol–water partition coefficient (Wildman–Crippen LogP) is 5.57. The first kappa shape index (κ1) is 20.8. The van der Waals surface area contributed by atoms with Crippen LogP contribution in [0.3, 0.4) is 0 Å². The van der Waals surface area contributed by atoms with Gasteiger partial charge < -0.3 is 10.1 Å². The standard InChI is InChI=1S/C25H21FN2O2/c1-17-8-7-12-23(18(17)2)28-25(29)21(15-27)14-19-9-4-6-13-24(19)30-16-20-10-3-5-11-22(20)26/h3-14H,16H2,1-2H3,(H,28,29)/b21-14+. The van der Waals surface area contributed by atoms with E-state index in [1.807, 2.05) is 32.0 Å². The second-order valence-corrected chi connectivity index (χ2v) is 6.79. The molecule has 0 aliphatic heterocycles. The first-order valence-electron chi connectivity index (χ1n) is 9.44. The maximum Gasteiger partial charge on any atom is 0.266 e. The van der Waals surface area contributed by atoms with Crippen LogP contribution in [0.1, 0.15) is 22.3 Å². The third kappa shape index (κ3) is 4.92. The molecule has 30 heavy (non-hydrogen) atoms. The summed E-state index contributed by atoms with van der Waals surface area (Å²) in [5.41, 5.74) is 3.56. The fourth-order valence-corrected chi connectivity index (χ4v) is 2.88. The number of carbonyl (C=O) groups is 1. The average Bonchev–Trinajstić information content (AvgIpc) is 2.75. The fourth-order valence-electron chi connectivity index (χ4n) is 2.88. The van der Waals surface area contributed by atoms with E-state index in [-0.39, 0.29) is 18.0 Å². The number of halogens is 1. The third-order valence-electron chi connectivity index (χ3n) is 4.78. The molecule has 1 N–H and O–H groups in total. The molecule has 3 rings (SSSR count). The van der Waals surface area contributed by atoms with E-state index < -0.39 is 5.91 Å². The van der Waals surface area contributed by atoms with Crippen LogP contribution in [0.4, 0.5) is 10.1 Å². The number of hydrogen-bond donors (Lipinski definition) is 1. The number of amides is 1. The van der Waals surface area contributed by atoms with E-state index in [1.54, 1.807) is 48.5 Å². The van der Waals surface area contributed by atoms with Crippen LogP contribution < -0.4 is 10.1 Å². The number of carbonyl (C=O) groups excluding carboxylic acids is 1. The van der Waals surface area contributed by atoms with Crippen molar-refractivity contribution in [2.45, 2.75) is 20.5 Å². The number of ether oxygens (including phenoxy) is 1. The second kappa shape index (κ2) is 9.53. The van der Waals surface area contributed by atoms with Gasteiger partial charge in [0.1, 0.15) is 29.8 Å². The zero-order chi connectivity index (χ0) is 21.5. The number of nitrogens with one attached hydrogen (secondary N) is 1. The topological polar surface area (TPSA) is 62.1 Å². The highest BCUT2D eigenvalue weighted by molar-refractivity contribution is 6.10. The van der Waals surface area contributed by atoms with Crippen molar-refractivity contribution in [2.24, 2.45) is 0 Å². The van der Waals surface area contributed by atoms with E-state index >= 15 is 0 Å². The predicted molar refractivity (Wildman–Crippen MR) is 115 cm³/mol. The Morgan fingerprint density at radius 3 is 2.57 bits per heavy atom. The molecule has 1 amide bonds.